The smallest absolute Gasteiger partial charge is 0.343 e. The Hall–Kier alpha value is -3.09. The van der Waals surface area contributed by atoms with E-state index in [0.29, 0.717) is 11.4 Å². The number of nitrogens with two attached hydrogens (primary N) is 2. The molecule has 1 amide bonds. The van der Waals surface area contributed by atoms with E-state index in [1.807, 2.05) is 0 Å². The van der Waals surface area contributed by atoms with Crippen LogP contribution in [-0.4, -0.2) is 24.0 Å². The van der Waals surface area contributed by atoms with Gasteiger partial charge in [-0.25, -0.2) is 9.78 Å². The van der Waals surface area contributed by atoms with Crippen molar-refractivity contribution in [2.75, 3.05) is 12.8 Å². The lowest BCUT2D eigenvalue weighted by molar-refractivity contribution is 0.0597. The van der Waals surface area contributed by atoms with Crippen molar-refractivity contribution >= 4 is 17.6 Å². The zero-order valence-corrected chi connectivity index (χ0v) is 11.2. The molecule has 108 valence electrons. The molecular weight excluding hydrogens is 274 g/mol. The van der Waals surface area contributed by atoms with Crippen LogP contribution in [0.2, 0.25) is 0 Å². The van der Waals surface area contributed by atoms with Crippen molar-refractivity contribution in [3.05, 3.63) is 47.7 Å². The first-order valence-electron chi connectivity index (χ1n) is 5.93. The number of carbonyl (C=O) groups is 2. The second-order valence-electron chi connectivity index (χ2n) is 4.11. The molecule has 0 bridgehead atoms. The van der Waals surface area contributed by atoms with Crippen LogP contribution in [-0.2, 0) is 4.74 Å². The van der Waals surface area contributed by atoms with Crippen LogP contribution in [0.4, 0.5) is 5.69 Å². The van der Waals surface area contributed by atoms with E-state index in [4.69, 9.17) is 16.2 Å². The number of rotatable bonds is 4. The standard InChI is InChI=1S/C14H13N3O4/c1-20-14(19)11-6-9(15)7-17-13(11)21-10-4-2-3-8(5-10)12(16)18/h2-7H,15H2,1H3,(H2,16,18). The number of pyridine rings is 1. The fourth-order valence-electron chi connectivity index (χ4n) is 1.63. The maximum absolute atomic E-state index is 11.7. The molecule has 0 saturated carbocycles. The molecule has 0 fully saturated rings. The SMILES string of the molecule is COC(=O)c1cc(N)cnc1Oc1cccc(C(N)=O)c1. The van der Waals surface area contributed by atoms with E-state index in [0.717, 1.165) is 0 Å². The fraction of sp³-hybridized carbons (Fsp3) is 0.0714. The van der Waals surface area contributed by atoms with Crippen molar-refractivity contribution in [2.24, 2.45) is 5.73 Å². The number of ether oxygens (including phenoxy) is 2. The second-order valence-corrected chi connectivity index (χ2v) is 4.11. The van der Waals surface area contributed by atoms with Crippen LogP contribution >= 0.6 is 0 Å². The van der Waals surface area contributed by atoms with E-state index in [1.54, 1.807) is 18.2 Å². The minimum atomic E-state index is -0.629. The van der Waals surface area contributed by atoms with Gasteiger partial charge in [0.1, 0.15) is 11.3 Å². The molecule has 1 aromatic carbocycles. The van der Waals surface area contributed by atoms with Gasteiger partial charge < -0.3 is 20.9 Å². The zero-order chi connectivity index (χ0) is 15.4. The van der Waals surface area contributed by atoms with E-state index in [2.05, 4.69) is 9.72 Å². The minimum absolute atomic E-state index is 0.0256. The first-order valence-corrected chi connectivity index (χ1v) is 5.93. The molecule has 4 N–H and O–H groups in total. The number of methoxy groups -OCH3 is 1. The van der Waals surface area contributed by atoms with Crippen LogP contribution in [0.15, 0.2) is 36.5 Å². The number of hydrogen-bond donors (Lipinski definition) is 2. The third-order valence-electron chi connectivity index (χ3n) is 2.61. The van der Waals surface area contributed by atoms with E-state index in [-0.39, 0.29) is 17.0 Å². The average Bonchev–Trinajstić information content (AvgIpc) is 2.48. The molecule has 0 radical (unpaired) electrons. The number of esters is 1. The summed E-state index contributed by atoms with van der Waals surface area (Å²) in [6.07, 6.45) is 1.35. The highest BCUT2D eigenvalue weighted by Crippen LogP contribution is 2.25. The summed E-state index contributed by atoms with van der Waals surface area (Å²) < 4.78 is 10.1. The van der Waals surface area contributed by atoms with Crippen LogP contribution in [0.25, 0.3) is 0 Å². The third kappa shape index (κ3) is 3.27. The van der Waals surface area contributed by atoms with Gasteiger partial charge in [0.2, 0.25) is 11.8 Å². The Morgan fingerprint density at radius 1 is 1.24 bits per heavy atom. The zero-order valence-electron chi connectivity index (χ0n) is 11.2. The van der Waals surface area contributed by atoms with Gasteiger partial charge in [0.25, 0.3) is 0 Å². The van der Waals surface area contributed by atoms with Crippen LogP contribution < -0.4 is 16.2 Å². The molecule has 7 nitrogen and oxygen atoms in total. The predicted molar refractivity (Wildman–Crippen MR) is 75.0 cm³/mol. The summed E-state index contributed by atoms with van der Waals surface area (Å²) in [6.45, 7) is 0. The Morgan fingerprint density at radius 2 is 2.00 bits per heavy atom. The van der Waals surface area contributed by atoms with Gasteiger partial charge in [-0.2, -0.15) is 0 Å². The molecule has 0 aliphatic rings. The first-order chi connectivity index (χ1) is 10.0. The summed E-state index contributed by atoms with van der Waals surface area (Å²) in [5.41, 5.74) is 11.4. The summed E-state index contributed by atoms with van der Waals surface area (Å²) in [6, 6.07) is 7.59. The van der Waals surface area contributed by atoms with Crippen molar-refractivity contribution in [2.45, 2.75) is 0 Å². The number of anilines is 1. The number of hydrogen-bond acceptors (Lipinski definition) is 6. The van der Waals surface area contributed by atoms with Gasteiger partial charge in [0, 0.05) is 5.56 Å². The molecule has 0 atom stereocenters. The quantitative estimate of drug-likeness (QED) is 0.819. The number of benzene rings is 1. The summed E-state index contributed by atoms with van der Waals surface area (Å²) >= 11 is 0. The number of primary amides is 1. The fourth-order valence-corrected chi connectivity index (χ4v) is 1.63. The van der Waals surface area contributed by atoms with Gasteiger partial charge in [0.15, 0.2) is 0 Å². The topological polar surface area (TPSA) is 118 Å². The number of amides is 1. The van der Waals surface area contributed by atoms with E-state index < -0.39 is 11.9 Å². The highest BCUT2D eigenvalue weighted by molar-refractivity contribution is 5.94. The van der Waals surface area contributed by atoms with Crippen LogP contribution in [0, 0.1) is 0 Å². The molecule has 2 aromatic rings. The van der Waals surface area contributed by atoms with Crippen molar-refractivity contribution in [3.63, 3.8) is 0 Å². The molecule has 0 aliphatic carbocycles. The molecule has 1 aromatic heterocycles. The maximum atomic E-state index is 11.7. The second kappa shape index (κ2) is 5.91. The first kappa shape index (κ1) is 14.3. The highest BCUT2D eigenvalue weighted by Gasteiger charge is 2.16. The van der Waals surface area contributed by atoms with Crippen molar-refractivity contribution in [1.82, 2.24) is 4.98 Å². The number of carbonyl (C=O) groups excluding carboxylic acids is 2. The van der Waals surface area contributed by atoms with Crippen molar-refractivity contribution in [1.29, 1.82) is 0 Å². The van der Waals surface area contributed by atoms with Gasteiger partial charge in [0.05, 0.1) is 19.0 Å². The lowest BCUT2D eigenvalue weighted by Crippen LogP contribution is -2.11. The Morgan fingerprint density at radius 3 is 2.67 bits per heavy atom. The molecule has 0 saturated heterocycles. The normalized spacial score (nSPS) is 9.95. The maximum Gasteiger partial charge on any atom is 0.343 e. The van der Waals surface area contributed by atoms with Gasteiger partial charge in [-0.1, -0.05) is 6.07 Å². The van der Waals surface area contributed by atoms with Gasteiger partial charge in [-0.05, 0) is 24.3 Å². The minimum Gasteiger partial charge on any atom is -0.465 e. The lowest BCUT2D eigenvalue weighted by atomic mass is 10.2. The van der Waals surface area contributed by atoms with E-state index >= 15 is 0 Å². The third-order valence-corrected chi connectivity index (χ3v) is 2.61. The summed E-state index contributed by atoms with van der Waals surface area (Å²) in [4.78, 5) is 26.8. The van der Waals surface area contributed by atoms with Gasteiger partial charge in [-0.15, -0.1) is 0 Å². The monoisotopic (exact) mass is 287 g/mol. The van der Waals surface area contributed by atoms with Crippen LogP contribution in [0.3, 0.4) is 0 Å². The van der Waals surface area contributed by atoms with Gasteiger partial charge >= 0.3 is 5.97 Å². The number of nitrogens with zero attached hydrogens (tertiary/aromatic N) is 1. The highest BCUT2D eigenvalue weighted by atomic mass is 16.5. The molecule has 0 unspecified atom stereocenters. The largest absolute Gasteiger partial charge is 0.465 e. The molecule has 0 aliphatic heterocycles. The molecular formula is C14H13N3O4. The Labute approximate surface area is 120 Å². The van der Waals surface area contributed by atoms with Crippen LogP contribution in [0.5, 0.6) is 11.6 Å². The number of aromatic nitrogens is 1. The molecule has 21 heavy (non-hydrogen) atoms. The predicted octanol–water partition coefficient (Wildman–Crippen LogP) is 1.34. The molecule has 0 spiro atoms. The Balaban J connectivity index is 2.37. The van der Waals surface area contributed by atoms with Gasteiger partial charge in [-0.3, -0.25) is 4.79 Å². The summed E-state index contributed by atoms with van der Waals surface area (Å²) in [5, 5.41) is 0. The summed E-state index contributed by atoms with van der Waals surface area (Å²) in [7, 11) is 1.24. The van der Waals surface area contributed by atoms with Crippen molar-refractivity contribution in [3.8, 4) is 11.6 Å². The van der Waals surface area contributed by atoms with E-state index in [9.17, 15) is 9.59 Å². The number of nitrogen functional groups attached to an aromatic ring is 1. The Kier molecular flexibility index (Phi) is 4.03. The molecule has 1 heterocycles. The summed E-state index contributed by atoms with van der Waals surface area (Å²) in [5.74, 6) is -0.874. The van der Waals surface area contributed by atoms with Crippen molar-refractivity contribution < 1.29 is 19.1 Å². The molecule has 7 heteroatoms. The van der Waals surface area contributed by atoms with Crippen LogP contribution in [0.1, 0.15) is 20.7 Å². The Bertz CT molecular complexity index is 700. The average molecular weight is 287 g/mol. The molecule has 2 rings (SSSR count). The lowest BCUT2D eigenvalue weighted by Gasteiger charge is -2.09. The van der Waals surface area contributed by atoms with E-state index in [1.165, 1.54) is 25.4 Å².